The molecule has 35 heavy (non-hydrogen) atoms. The Balaban J connectivity index is 1.30. The highest BCUT2D eigenvalue weighted by atomic mass is 19.1. The lowest BCUT2D eigenvalue weighted by molar-refractivity contribution is -0.159. The molecule has 0 bridgehead atoms. The maximum absolute atomic E-state index is 13.2. The fourth-order valence-corrected chi connectivity index (χ4v) is 4.84. The molecule has 2 aliphatic rings. The van der Waals surface area contributed by atoms with E-state index in [0.717, 1.165) is 16.7 Å². The fraction of sp³-hybridized carbons (Fsp3) is 0.214. The number of fused-ring (bicyclic) bond motifs is 1. The van der Waals surface area contributed by atoms with E-state index in [1.165, 1.54) is 29.2 Å². The first-order valence-electron chi connectivity index (χ1n) is 11.4. The van der Waals surface area contributed by atoms with Crippen LogP contribution in [0.1, 0.15) is 22.6 Å². The molecule has 2 heterocycles. The molecule has 2 saturated heterocycles. The molecule has 3 amide bonds. The van der Waals surface area contributed by atoms with Crippen LogP contribution in [0.5, 0.6) is 0 Å². The average Bonchev–Trinajstić information content (AvgIpc) is 2.86. The van der Waals surface area contributed by atoms with Crippen LogP contribution in [0.3, 0.4) is 0 Å². The summed E-state index contributed by atoms with van der Waals surface area (Å²) in [6.45, 7) is 0.126. The summed E-state index contributed by atoms with van der Waals surface area (Å²) < 4.78 is 13.2. The zero-order chi connectivity index (χ0) is 24.4. The zero-order valence-corrected chi connectivity index (χ0v) is 18.9. The minimum absolute atomic E-state index is 0.0687. The van der Waals surface area contributed by atoms with Gasteiger partial charge in [0.1, 0.15) is 12.4 Å². The molecule has 3 aromatic carbocycles. The predicted molar refractivity (Wildman–Crippen MR) is 130 cm³/mol. The molecule has 0 aliphatic carbocycles. The van der Waals surface area contributed by atoms with Gasteiger partial charge in [-0.1, -0.05) is 42.2 Å². The SMILES string of the molecule is O=C(Nc1ccc(F)cc1)N1CC(=O)N2[C@H](CO)[C@H](c3ccc(C#Cc4ccccc4)cc3)[C@H]2C1. The number of nitrogens with one attached hydrogen (secondary N) is 1. The summed E-state index contributed by atoms with van der Waals surface area (Å²) in [7, 11) is 0. The van der Waals surface area contributed by atoms with Gasteiger partial charge in [0.05, 0.1) is 18.7 Å². The third-order valence-corrected chi connectivity index (χ3v) is 6.56. The van der Waals surface area contributed by atoms with E-state index in [0.29, 0.717) is 12.2 Å². The first-order chi connectivity index (χ1) is 17.0. The summed E-state index contributed by atoms with van der Waals surface area (Å²) in [5.41, 5.74) is 3.25. The van der Waals surface area contributed by atoms with Gasteiger partial charge in [-0.2, -0.15) is 0 Å². The average molecular weight is 470 g/mol. The van der Waals surface area contributed by atoms with Crippen molar-refractivity contribution < 1.29 is 19.1 Å². The van der Waals surface area contributed by atoms with Gasteiger partial charge in [0, 0.05) is 29.3 Å². The lowest BCUT2D eigenvalue weighted by Gasteiger charge is -2.58. The molecule has 3 atom stereocenters. The minimum atomic E-state index is -0.414. The Morgan fingerprint density at radius 3 is 2.29 bits per heavy atom. The summed E-state index contributed by atoms with van der Waals surface area (Å²) in [6.07, 6.45) is 0. The normalized spacial score (nSPS) is 20.9. The number of hydrogen-bond acceptors (Lipinski definition) is 3. The van der Waals surface area contributed by atoms with Gasteiger partial charge in [0.2, 0.25) is 5.91 Å². The van der Waals surface area contributed by atoms with Gasteiger partial charge in [-0.15, -0.1) is 0 Å². The molecule has 176 valence electrons. The first kappa shape index (κ1) is 22.6. The molecule has 0 radical (unpaired) electrons. The van der Waals surface area contributed by atoms with E-state index in [4.69, 9.17) is 0 Å². The standard InChI is InChI=1S/C28H24FN3O3/c29-22-12-14-23(15-13-22)30-28(35)31-16-24-27(25(18-33)32(24)26(34)17-31)21-10-8-20(9-11-21)7-6-19-4-2-1-3-5-19/h1-5,8-15,24-25,27,33H,16-18H2,(H,30,35)/t24-,25-,27-/m1/s1. The quantitative estimate of drug-likeness (QED) is 0.578. The molecule has 2 fully saturated rings. The van der Waals surface area contributed by atoms with Crippen molar-refractivity contribution in [2.45, 2.75) is 18.0 Å². The number of aliphatic hydroxyl groups is 1. The number of piperazine rings is 1. The van der Waals surface area contributed by atoms with E-state index in [1.807, 2.05) is 54.6 Å². The molecule has 5 rings (SSSR count). The van der Waals surface area contributed by atoms with Gasteiger partial charge in [-0.25, -0.2) is 9.18 Å². The highest BCUT2D eigenvalue weighted by Gasteiger charge is 2.54. The lowest BCUT2D eigenvalue weighted by atomic mass is 9.73. The second-order valence-corrected chi connectivity index (χ2v) is 8.70. The summed E-state index contributed by atoms with van der Waals surface area (Å²) in [4.78, 5) is 28.8. The smallest absolute Gasteiger partial charge is 0.322 e. The van der Waals surface area contributed by atoms with Crippen molar-refractivity contribution in [3.05, 3.63) is 101 Å². The van der Waals surface area contributed by atoms with Gasteiger partial charge < -0.3 is 20.2 Å². The van der Waals surface area contributed by atoms with Gasteiger partial charge in [-0.05, 0) is 54.1 Å². The van der Waals surface area contributed by atoms with Crippen LogP contribution in [0.25, 0.3) is 0 Å². The largest absolute Gasteiger partial charge is 0.394 e. The van der Waals surface area contributed by atoms with Crippen molar-refractivity contribution in [3.63, 3.8) is 0 Å². The number of urea groups is 1. The summed E-state index contributed by atoms with van der Waals surface area (Å²) >= 11 is 0. The number of amides is 3. The molecule has 2 aliphatic heterocycles. The number of hydrogen-bond donors (Lipinski definition) is 2. The molecular weight excluding hydrogens is 445 g/mol. The van der Waals surface area contributed by atoms with Gasteiger partial charge in [-0.3, -0.25) is 4.79 Å². The third-order valence-electron chi connectivity index (χ3n) is 6.56. The number of rotatable bonds is 3. The topological polar surface area (TPSA) is 72.9 Å². The van der Waals surface area contributed by atoms with Crippen molar-refractivity contribution in [2.75, 3.05) is 25.0 Å². The summed E-state index contributed by atoms with van der Waals surface area (Å²) in [5.74, 6) is 5.60. The monoisotopic (exact) mass is 469 g/mol. The van der Waals surface area contributed by atoms with E-state index in [2.05, 4.69) is 17.2 Å². The van der Waals surface area contributed by atoms with Gasteiger partial charge in [0.25, 0.3) is 0 Å². The molecule has 0 spiro atoms. The Morgan fingerprint density at radius 2 is 1.63 bits per heavy atom. The molecule has 7 heteroatoms. The van der Waals surface area contributed by atoms with Gasteiger partial charge >= 0.3 is 6.03 Å². The number of anilines is 1. The predicted octanol–water partition coefficient (Wildman–Crippen LogP) is 3.43. The second-order valence-electron chi connectivity index (χ2n) is 8.70. The Kier molecular flexibility index (Phi) is 6.21. The van der Waals surface area contributed by atoms with E-state index in [1.54, 1.807) is 4.90 Å². The Labute approximate surface area is 203 Å². The van der Waals surface area contributed by atoms with Crippen LogP contribution in [0.4, 0.5) is 14.9 Å². The molecule has 0 aromatic heterocycles. The Hall–Kier alpha value is -4.15. The van der Waals surface area contributed by atoms with Crippen LogP contribution in [-0.4, -0.2) is 58.6 Å². The number of halogens is 1. The third kappa shape index (κ3) is 4.61. The van der Waals surface area contributed by atoms with Crippen LogP contribution in [-0.2, 0) is 4.79 Å². The van der Waals surface area contributed by atoms with Crippen molar-refractivity contribution in [2.24, 2.45) is 0 Å². The maximum atomic E-state index is 13.2. The number of aliphatic hydroxyl groups excluding tert-OH is 1. The maximum Gasteiger partial charge on any atom is 0.322 e. The van der Waals surface area contributed by atoms with Gasteiger partial charge in [0.15, 0.2) is 0 Å². The highest BCUT2D eigenvalue weighted by Crippen LogP contribution is 2.43. The molecule has 0 saturated carbocycles. The van der Waals surface area contributed by atoms with E-state index in [9.17, 15) is 19.1 Å². The number of carbonyl (C=O) groups excluding carboxylic acids is 2. The van der Waals surface area contributed by atoms with E-state index >= 15 is 0 Å². The van der Waals surface area contributed by atoms with Crippen LogP contribution in [0, 0.1) is 17.7 Å². The molecule has 2 N–H and O–H groups in total. The number of benzene rings is 3. The Bertz CT molecular complexity index is 1280. The van der Waals surface area contributed by atoms with E-state index in [-0.39, 0.29) is 37.1 Å². The van der Waals surface area contributed by atoms with Crippen LogP contribution in [0.15, 0.2) is 78.9 Å². The minimum Gasteiger partial charge on any atom is -0.394 e. The number of nitrogens with zero attached hydrogens (tertiary/aromatic N) is 2. The molecule has 3 aromatic rings. The Morgan fingerprint density at radius 1 is 0.971 bits per heavy atom. The molecule has 6 nitrogen and oxygen atoms in total. The molecule has 0 unspecified atom stereocenters. The van der Waals surface area contributed by atoms with Crippen LogP contribution < -0.4 is 5.32 Å². The van der Waals surface area contributed by atoms with Crippen LogP contribution >= 0.6 is 0 Å². The van der Waals surface area contributed by atoms with Crippen molar-refractivity contribution in [1.29, 1.82) is 0 Å². The second kappa shape index (κ2) is 9.61. The first-order valence-corrected chi connectivity index (χ1v) is 11.4. The highest BCUT2D eigenvalue weighted by molar-refractivity contribution is 5.93. The lowest BCUT2D eigenvalue weighted by Crippen LogP contribution is -2.73. The summed E-state index contributed by atoms with van der Waals surface area (Å²) in [6, 6.07) is 22.1. The molecular formula is C28H24FN3O3. The van der Waals surface area contributed by atoms with Crippen molar-refractivity contribution in [1.82, 2.24) is 9.80 Å². The fourth-order valence-electron chi connectivity index (χ4n) is 4.84. The van der Waals surface area contributed by atoms with Crippen molar-refractivity contribution >= 4 is 17.6 Å². The number of carbonyl (C=O) groups is 2. The summed E-state index contributed by atoms with van der Waals surface area (Å²) in [5, 5.41) is 12.7. The van der Waals surface area contributed by atoms with Crippen LogP contribution in [0.2, 0.25) is 0 Å². The van der Waals surface area contributed by atoms with E-state index < -0.39 is 11.8 Å². The zero-order valence-electron chi connectivity index (χ0n) is 18.9. The van der Waals surface area contributed by atoms with Crippen molar-refractivity contribution in [3.8, 4) is 11.8 Å².